The highest BCUT2D eigenvalue weighted by Gasteiger charge is 2.56. The van der Waals surface area contributed by atoms with E-state index in [4.69, 9.17) is 45.6 Å². The summed E-state index contributed by atoms with van der Waals surface area (Å²) in [5, 5.41) is 77.8. The number of nitrogens with zero attached hydrogens (tertiary/aromatic N) is 6. The highest BCUT2D eigenvalue weighted by molar-refractivity contribution is 7.47. The van der Waals surface area contributed by atoms with E-state index in [2.05, 4.69) is 15.0 Å². The van der Waals surface area contributed by atoms with Crippen molar-refractivity contribution in [3.63, 3.8) is 0 Å². The van der Waals surface area contributed by atoms with Crippen LogP contribution in [0.25, 0.3) is 0 Å². The Kier molecular flexibility index (Phi) is 14.2. The number of phosphoric ester groups is 1. The second-order valence-corrected chi connectivity index (χ2v) is 16.7. The zero-order valence-electron chi connectivity index (χ0n) is 31.9. The first-order chi connectivity index (χ1) is 28.1. The molecule has 15 atom stereocenters. The molecular weight excluding hydrogens is 841 g/mol. The number of nitrogens with two attached hydrogens (primary N) is 3. The Bertz CT molecular complexity index is 2000. The van der Waals surface area contributed by atoms with Gasteiger partial charge in [0.05, 0.1) is 49.9 Å². The molecule has 3 amide bonds. The predicted molar refractivity (Wildman–Crippen MR) is 200 cm³/mol. The Balaban J connectivity index is 0.000000172. The van der Waals surface area contributed by atoms with E-state index in [1.165, 1.54) is 21.8 Å². The van der Waals surface area contributed by atoms with Gasteiger partial charge in [-0.2, -0.15) is 0 Å². The quantitative estimate of drug-likeness (QED) is 0.116. The smallest absolute Gasteiger partial charge is 0.474 e. The van der Waals surface area contributed by atoms with E-state index in [-0.39, 0.29) is 68.5 Å². The van der Waals surface area contributed by atoms with Crippen LogP contribution in [0.5, 0.6) is 11.8 Å². The van der Waals surface area contributed by atoms with Gasteiger partial charge in [0.15, 0.2) is 35.7 Å². The van der Waals surface area contributed by atoms with E-state index in [1.54, 1.807) is 13.8 Å². The van der Waals surface area contributed by atoms with Crippen molar-refractivity contribution >= 4 is 31.9 Å². The second kappa shape index (κ2) is 18.2. The number of aliphatic imine (C=N–C) groups is 1. The Hall–Kier alpha value is -4.35. The van der Waals surface area contributed by atoms with E-state index in [0.29, 0.717) is 6.42 Å². The number of primary amides is 3. The molecule has 0 aromatic carbocycles. The molecule has 2 aromatic rings. The van der Waals surface area contributed by atoms with Crippen LogP contribution < -0.4 is 17.2 Å². The zero-order chi connectivity index (χ0) is 44.2. The van der Waals surface area contributed by atoms with Crippen molar-refractivity contribution in [3.05, 3.63) is 24.0 Å². The Labute approximate surface area is 346 Å². The number of amides is 3. The third kappa shape index (κ3) is 9.24. The van der Waals surface area contributed by atoms with Gasteiger partial charge in [0.1, 0.15) is 30.5 Å². The van der Waals surface area contributed by atoms with Gasteiger partial charge in [-0.1, -0.05) is 7.43 Å². The summed E-state index contributed by atoms with van der Waals surface area (Å²) in [6.45, 7) is 2.85. The van der Waals surface area contributed by atoms with Gasteiger partial charge in [0, 0.05) is 25.0 Å². The van der Waals surface area contributed by atoms with Gasteiger partial charge in [-0.25, -0.2) is 14.5 Å². The monoisotopic (exact) mass is 893 g/mol. The van der Waals surface area contributed by atoms with Crippen LogP contribution >= 0.6 is 7.82 Å². The van der Waals surface area contributed by atoms with Crippen LogP contribution in [0.1, 0.15) is 67.2 Å². The molecule has 0 radical (unpaired) electrons. The molecule has 4 aliphatic heterocycles. The molecule has 2 aromatic heterocycles. The van der Waals surface area contributed by atoms with Crippen LogP contribution in [0.2, 0.25) is 0 Å². The van der Waals surface area contributed by atoms with Crippen molar-refractivity contribution in [2.75, 3.05) is 19.8 Å². The van der Waals surface area contributed by atoms with Crippen LogP contribution in [0.15, 0.2) is 17.6 Å². The first-order valence-electron chi connectivity index (χ1n) is 18.4. The molecule has 6 heterocycles. The van der Waals surface area contributed by atoms with Crippen LogP contribution in [-0.4, -0.2) is 181 Å². The maximum atomic E-state index is 11.8. The number of aromatic nitrogens is 4. The topological polar surface area (TPSA) is 426 Å². The van der Waals surface area contributed by atoms with Gasteiger partial charge in [0.25, 0.3) is 11.8 Å². The van der Waals surface area contributed by atoms with Crippen molar-refractivity contribution < 1.29 is 88.0 Å². The van der Waals surface area contributed by atoms with Gasteiger partial charge in [-0.3, -0.25) is 37.6 Å². The summed E-state index contributed by atoms with van der Waals surface area (Å²) in [5.74, 6) is -4.60. The fourth-order valence-corrected chi connectivity index (χ4v) is 8.94. The molecule has 342 valence electrons. The molecule has 15 unspecified atom stereocenters. The van der Waals surface area contributed by atoms with E-state index >= 15 is 0 Å². The number of aromatic hydroxyl groups is 2. The van der Waals surface area contributed by atoms with E-state index < -0.39 is 105 Å². The number of aliphatic hydroxyl groups excluding tert-OH is 6. The number of rotatable bonds is 7. The molecule has 61 heavy (non-hydrogen) atoms. The maximum absolute atomic E-state index is 11.8. The fourth-order valence-electron chi connectivity index (χ4n) is 8.04. The second-order valence-electron chi connectivity index (χ2n) is 15.3. The Morgan fingerprint density at radius 2 is 1.36 bits per heavy atom. The largest absolute Gasteiger partial charge is 0.493 e. The highest BCUT2D eigenvalue weighted by atomic mass is 31.2. The number of imidazole rings is 2. The lowest BCUT2D eigenvalue weighted by atomic mass is 10.1. The van der Waals surface area contributed by atoms with E-state index in [1.807, 2.05) is 0 Å². The number of aliphatic hydroxyl groups is 6. The van der Waals surface area contributed by atoms with Gasteiger partial charge < -0.3 is 82.1 Å². The molecule has 6 aliphatic rings. The third-order valence-electron chi connectivity index (χ3n) is 11.0. The van der Waals surface area contributed by atoms with Crippen molar-refractivity contribution in [3.8, 4) is 11.8 Å². The minimum atomic E-state index is -4.51. The average Bonchev–Trinajstić information content (AvgIpc) is 4.04. The van der Waals surface area contributed by atoms with Crippen LogP contribution in [-0.2, 0) is 32.6 Å². The lowest BCUT2D eigenvalue weighted by molar-refractivity contribution is -0.161. The number of hydrogen-bond donors (Lipinski definition) is 12. The molecule has 2 aliphatic carbocycles. The van der Waals surface area contributed by atoms with Gasteiger partial charge in [-0.15, -0.1) is 0 Å². The van der Waals surface area contributed by atoms with Crippen molar-refractivity contribution in [2.45, 2.75) is 113 Å². The summed E-state index contributed by atoms with van der Waals surface area (Å²) in [7, 11) is -4.51. The Morgan fingerprint density at radius 1 is 0.820 bits per heavy atom. The van der Waals surface area contributed by atoms with Crippen LogP contribution in [0, 0.1) is 11.8 Å². The lowest BCUT2D eigenvalue weighted by Gasteiger charge is -2.32. The summed E-state index contributed by atoms with van der Waals surface area (Å²) >= 11 is 0. The van der Waals surface area contributed by atoms with Crippen LogP contribution in [0.3, 0.4) is 0 Å². The number of hydrogen-bond acceptors (Lipinski definition) is 21. The number of carbonyl (C=O) groups excluding carboxylic acids is 3. The molecule has 3 saturated heterocycles. The minimum Gasteiger partial charge on any atom is -0.493 e. The molecule has 15 N–H and O–H groups in total. The molecule has 27 nitrogen and oxygen atoms in total. The highest BCUT2D eigenvalue weighted by Crippen LogP contribution is 2.50. The third-order valence-corrected chi connectivity index (χ3v) is 12.0. The molecule has 0 spiro atoms. The predicted octanol–water partition coefficient (Wildman–Crippen LogP) is -4.54. The average molecular weight is 894 g/mol. The molecule has 8 rings (SSSR count). The first kappa shape index (κ1) is 47.7. The zero-order valence-corrected chi connectivity index (χ0v) is 32.8. The number of fused-ring (bicyclic) bond motifs is 5. The minimum absolute atomic E-state index is 0. The standard InChI is InChI=1S/C13H19N3O5.C10H15N3O5.C9H14N3O8P.CH4/c1-13(2)20-9-6(4-17)3-7(10(9)21-13)16-5-15-8(11(14)18)12(16)19;11-9(17)6-10(18)13(3-12-6)5-1-4(2-14)7(15)8(5)16;10-7(15)4-8-12(2-11-4)9-6(14)5(13)3(19-9)1-18-21(16,17)20-8;/h5-7,9-10,17,19H,3-4H2,1-2H3,(H2,14,18);3-5,7-8,14-16,18H,1-2H2,(H2,11,17);2-6,8-9,13-14H,1H2,(H2,10,15)(H,16,17);1H4. The molecular formula is C33H52N9O18P. The molecule has 5 fully saturated rings. The van der Waals surface area contributed by atoms with Crippen LogP contribution in [0.4, 0.5) is 0 Å². The summed E-state index contributed by atoms with van der Waals surface area (Å²) < 4.78 is 41.2. The summed E-state index contributed by atoms with van der Waals surface area (Å²) in [6, 6.07) is -2.19. The number of phosphoric acid groups is 1. The SMILES string of the molecule is C.CC1(C)OC2C(CO)CC(n3cnc(C(N)=O)c3O)C2O1.NC(=O)C1N=CN2C1OP(=O)(O)OCC1OC2C(O)C1O.NC(=O)c1ncn(C2CC(CO)C(O)C2O)c1O. The van der Waals surface area contributed by atoms with Crippen molar-refractivity contribution in [2.24, 2.45) is 34.0 Å². The van der Waals surface area contributed by atoms with Gasteiger partial charge in [-0.05, 0) is 26.7 Å². The molecule has 2 saturated carbocycles. The summed E-state index contributed by atoms with van der Waals surface area (Å²) in [4.78, 5) is 55.5. The number of carbonyl (C=O) groups is 3. The normalized spacial score (nSPS) is 38.1. The molecule has 2 bridgehead atoms. The van der Waals surface area contributed by atoms with Crippen molar-refractivity contribution in [1.82, 2.24) is 24.0 Å². The van der Waals surface area contributed by atoms with E-state index in [0.717, 1.165) is 11.2 Å². The van der Waals surface area contributed by atoms with Gasteiger partial charge in [0.2, 0.25) is 17.7 Å². The number of ether oxygens (including phenoxy) is 3. The summed E-state index contributed by atoms with van der Waals surface area (Å²) in [5.41, 5.74) is 14.9. The van der Waals surface area contributed by atoms with E-state index in [9.17, 15) is 59.6 Å². The maximum Gasteiger partial charge on any atom is 0.474 e. The lowest BCUT2D eigenvalue weighted by Crippen LogP contribution is -2.52. The summed E-state index contributed by atoms with van der Waals surface area (Å²) in [6.07, 6.45) is -4.48. The fraction of sp³-hybridized carbons (Fsp3) is 0.697. The van der Waals surface area contributed by atoms with Crippen molar-refractivity contribution in [1.29, 1.82) is 0 Å². The molecule has 28 heteroatoms. The van der Waals surface area contributed by atoms with Gasteiger partial charge >= 0.3 is 7.82 Å². The first-order valence-corrected chi connectivity index (χ1v) is 19.9. The Morgan fingerprint density at radius 3 is 1.87 bits per heavy atom.